The van der Waals surface area contributed by atoms with Gasteiger partial charge in [0.15, 0.2) is 0 Å². The highest BCUT2D eigenvalue weighted by Gasteiger charge is 2.29. The third kappa shape index (κ3) is 3.95. The van der Waals surface area contributed by atoms with Gasteiger partial charge in [0.1, 0.15) is 5.75 Å². The standard InChI is InChI=1S/C16H25NO2/c1-13(17-12-16(2)9-6-10-19-16)11-14-7-4-5-8-15(14)18-3/h4-5,7-8,13,17H,6,9-12H2,1-3H3. The lowest BCUT2D eigenvalue weighted by Crippen LogP contribution is -2.41. The topological polar surface area (TPSA) is 30.5 Å². The van der Waals surface area contributed by atoms with E-state index < -0.39 is 0 Å². The largest absolute Gasteiger partial charge is 0.496 e. The number of nitrogens with one attached hydrogen (secondary N) is 1. The average molecular weight is 263 g/mol. The van der Waals surface area contributed by atoms with Crippen LogP contribution >= 0.6 is 0 Å². The molecule has 1 fully saturated rings. The molecule has 0 bridgehead atoms. The van der Waals surface area contributed by atoms with E-state index in [0.29, 0.717) is 6.04 Å². The van der Waals surface area contributed by atoms with Gasteiger partial charge in [0, 0.05) is 19.2 Å². The quantitative estimate of drug-likeness (QED) is 0.856. The molecule has 0 saturated carbocycles. The first-order chi connectivity index (χ1) is 9.13. The molecule has 106 valence electrons. The zero-order valence-corrected chi connectivity index (χ0v) is 12.2. The molecular weight excluding hydrogens is 238 g/mol. The van der Waals surface area contributed by atoms with Gasteiger partial charge in [-0.2, -0.15) is 0 Å². The highest BCUT2D eigenvalue weighted by Crippen LogP contribution is 2.24. The molecule has 1 aliphatic rings. The third-order valence-electron chi connectivity index (χ3n) is 3.84. The summed E-state index contributed by atoms with van der Waals surface area (Å²) in [7, 11) is 1.73. The third-order valence-corrected chi connectivity index (χ3v) is 3.84. The number of ether oxygens (including phenoxy) is 2. The van der Waals surface area contributed by atoms with Crippen LogP contribution in [0.4, 0.5) is 0 Å². The van der Waals surface area contributed by atoms with Gasteiger partial charge in [0.2, 0.25) is 0 Å². The van der Waals surface area contributed by atoms with E-state index in [4.69, 9.17) is 9.47 Å². The summed E-state index contributed by atoms with van der Waals surface area (Å²) in [5.41, 5.74) is 1.28. The SMILES string of the molecule is COc1ccccc1CC(C)NCC1(C)CCCO1. The molecule has 2 unspecified atom stereocenters. The number of hydrogen-bond donors (Lipinski definition) is 1. The smallest absolute Gasteiger partial charge is 0.122 e. The number of benzene rings is 1. The first-order valence-corrected chi connectivity index (χ1v) is 7.12. The number of methoxy groups -OCH3 is 1. The van der Waals surface area contributed by atoms with Gasteiger partial charge in [-0.3, -0.25) is 0 Å². The second kappa shape index (κ2) is 6.40. The second-order valence-electron chi connectivity index (χ2n) is 5.70. The predicted octanol–water partition coefficient (Wildman–Crippen LogP) is 2.78. The minimum absolute atomic E-state index is 0.0229. The highest BCUT2D eigenvalue weighted by atomic mass is 16.5. The lowest BCUT2D eigenvalue weighted by atomic mass is 10.0. The Balaban J connectivity index is 1.85. The minimum Gasteiger partial charge on any atom is -0.496 e. The van der Waals surface area contributed by atoms with E-state index in [2.05, 4.69) is 31.3 Å². The van der Waals surface area contributed by atoms with Crippen molar-refractivity contribution < 1.29 is 9.47 Å². The van der Waals surface area contributed by atoms with Gasteiger partial charge in [-0.05, 0) is 44.7 Å². The van der Waals surface area contributed by atoms with Crippen molar-refractivity contribution in [3.63, 3.8) is 0 Å². The van der Waals surface area contributed by atoms with Crippen LogP contribution in [0.5, 0.6) is 5.75 Å². The van der Waals surface area contributed by atoms with Crippen LogP contribution in [0.25, 0.3) is 0 Å². The molecule has 19 heavy (non-hydrogen) atoms. The monoisotopic (exact) mass is 263 g/mol. The molecule has 0 spiro atoms. The van der Waals surface area contributed by atoms with Crippen LogP contribution in [0.3, 0.4) is 0 Å². The molecule has 0 aromatic heterocycles. The normalized spacial score (nSPS) is 24.4. The summed E-state index contributed by atoms with van der Waals surface area (Å²) in [6.45, 7) is 6.23. The zero-order valence-electron chi connectivity index (χ0n) is 12.2. The molecule has 0 amide bonds. The fourth-order valence-corrected chi connectivity index (χ4v) is 2.64. The van der Waals surface area contributed by atoms with Crippen molar-refractivity contribution in [1.82, 2.24) is 5.32 Å². The maximum Gasteiger partial charge on any atom is 0.122 e. The number of para-hydroxylation sites is 1. The first kappa shape index (κ1) is 14.4. The van der Waals surface area contributed by atoms with Gasteiger partial charge >= 0.3 is 0 Å². The van der Waals surface area contributed by atoms with Crippen molar-refractivity contribution in [3.05, 3.63) is 29.8 Å². The summed E-state index contributed by atoms with van der Waals surface area (Å²) in [5.74, 6) is 0.972. The highest BCUT2D eigenvalue weighted by molar-refractivity contribution is 5.33. The van der Waals surface area contributed by atoms with Crippen LogP contribution in [0.1, 0.15) is 32.3 Å². The van der Waals surface area contributed by atoms with E-state index in [1.165, 1.54) is 12.0 Å². The average Bonchev–Trinajstić information content (AvgIpc) is 2.85. The Bertz CT molecular complexity index is 399. The molecule has 3 heteroatoms. The van der Waals surface area contributed by atoms with Crippen LogP contribution < -0.4 is 10.1 Å². The van der Waals surface area contributed by atoms with Gasteiger partial charge in [-0.15, -0.1) is 0 Å². The molecule has 0 radical (unpaired) electrons. The van der Waals surface area contributed by atoms with E-state index in [1.54, 1.807) is 7.11 Å². The summed E-state index contributed by atoms with van der Waals surface area (Å²) >= 11 is 0. The van der Waals surface area contributed by atoms with Crippen LogP contribution in [0.15, 0.2) is 24.3 Å². The van der Waals surface area contributed by atoms with Crippen molar-refractivity contribution in [2.24, 2.45) is 0 Å². The lowest BCUT2D eigenvalue weighted by molar-refractivity contribution is 0.0191. The van der Waals surface area contributed by atoms with Crippen molar-refractivity contribution in [1.29, 1.82) is 0 Å². The van der Waals surface area contributed by atoms with Crippen molar-refractivity contribution in [3.8, 4) is 5.75 Å². The minimum atomic E-state index is 0.0229. The van der Waals surface area contributed by atoms with E-state index in [0.717, 1.165) is 31.7 Å². The van der Waals surface area contributed by atoms with Gasteiger partial charge < -0.3 is 14.8 Å². The predicted molar refractivity (Wildman–Crippen MR) is 77.8 cm³/mol. The Morgan fingerprint density at radius 1 is 1.42 bits per heavy atom. The summed E-state index contributed by atoms with van der Waals surface area (Å²) in [4.78, 5) is 0. The maximum absolute atomic E-state index is 5.80. The fourth-order valence-electron chi connectivity index (χ4n) is 2.64. The Kier molecular flexibility index (Phi) is 4.83. The van der Waals surface area contributed by atoms with E-state index in [1.807, 2.05) is 12.1 Å². The summed E-state index contributed by atoms with van der Waals surface area (Å²) < 4.78 is 11.2. The molecule has 1 heterocycles. The molecule has 1 saturated heterocycles. The Morgan fingerprint density at radius 2 is 2.21 bits per heavy atom. The number of rotatable bonds is 6. The van der Waals surface area contributed by atoms with Crippen LogP contribution in [-0.2, 0) is 11.2 Å². The van der Waals surface area contributed by atoms with Gasteiger partial charge in [0.05, 0.1) is 12.7 Å². The summed E-state index contributed by atoms with van der Waals surface area (Å²) in [6, 6.07) is 8.63. The van der Waals surface area contributed by atoms with Crippen LogP contribution in [0, 0.1) is 0 Å². The van der Waals surface area contributed by atoms with E-state index in [9.17, 15) is 0 Å². The van der Waals surface area contributed by atoms with E-state index in [-0.39, 0.29) is 5.60 Å². The molecule has 1 aliphatic heterocycles. The molecule has 1 aromatic rings. The molecular formula is C16H25NO2. The Labute approximate surface area is 116 Å². The summed E-state index contributed by atoms with van der Waals surface area (Å²) in [5, 5.41) is 3.58. The van der Waals surface area contributed by atoms with Gasteiger partial charge in [-0.25, -0.2) is 0 Å². The zero-order chi connectivity index (χ0) is 13.7. The van der Waals surface area contributed by atoms with Crippen LogP contribution in [-0.4, -0.2) is 31.9 Å². The Hall–Kier alpha value is -1.06. The maximum atomic E-state index is 5.80. The van der Waals surface area contributed by atoms with Crippen molar-refractivity contribution >= 4 is 0 Å². The lowest BCUT2D eigenvalue weighted by Gasteiger charge is -2.26. The molecule has 2 rings (SSSR count). The van der Waals surface area contributed by atoms with Crippen molar-refractivity contribution in [2.75, 3.05) is 20.3 Å². The Morgan fingerprint density at radius 3 is 2.89 bits per heavy atom. The molecule has 1 N–H and O–H groups in total. The molecule has 0 aliphatic carbocycles. The van der Waals surface area contributed by atoms with Gasteiger partial charge in [-0.1, -0.05) is 18.2 Å². The second-order valence-corrected chi connectivity index (χ2v) is 5.70. The van der Waals surface area contributed by atoms with Crippen LogP contribution in [0.2, 0.25) is 0 Å². The molecule has 3 nitrogen and oxygen atoms in total. The van der Waals surface area contributed by atoms with Crippen molar-refractivity contribution in [2.45, 2.75) is 44.8 Å². The number of hydrogen-bond acceptors (Lipinski definition) is 3. The molecule has 2 atom stereocenters. The van der Waals surface area contributed by atoms with Gasteiger partial charge in [0.25, 0.3) is 0 Å². The summed E-state index contributed by atoms with van der Waals surface area (Å²) in [6.07, 6.45) is 3.31. The van der Waals surface area contributed by atoms with E-state index >= 15 is 0 Å². The fraction of sp³-hybridized carbons (Fsp3) is 0.625. The first-order valence-electron chi connectivity index (χ1n) is 7.12. The molecule has 1 aromatic carbocycles.